The van der Waals surface area contributed by atoms with Crippen LogP contribution in [0.25, 0.3) is 11.1 Å². The van der Waals surface area contributed by atoms with Gasteiger partial charge in [-0.15, -0.1) is 0 Å². The summed E-state index contributed by atoms with van der Waals surface area (Å²) in [5.74, 6) is 0. The van der Waals surface area contributed by atoms with Crippen LogP contribution in [0.2, 0.25) is 0 Å². The van der Waals surface area contributed by atoms with Gasteiger partial charge in [-0.25, -0.2) is 4.79 Å². The number of benzene rings is 1. The molecule has 0 aliphatic heterocycles. The molecule has 0 radical (unpaired) electrons. The van der Waals surface area contributed by atoms with E-state index in [1.165, 1.54) is 4.90 Å². The monoisotopic (exact) mass is 248 g/mol. The zero-order valence-corrected chi connectivity index (χ0v) is 10.4. The standard InChI is InChI=1S/C12H16N4O2/c1-16(2)12(17)14-8-7-13-11-15-9-5-3-4-6-10(9)18-11/h3-6H,7-8H2,1-2H3,(H,13,15)(H,14,17). The molecule has 2 rings (SSSR count). The topological polar surface area (TPSA) is 70.4 Å². The maximum Gasteiger partial charge on any atom is 0.316 e. The van der Waals surface area contributed by atoms with Crippen LogP contribution in [-0.4, -0.2) is 43.1 Å². The van der Waals surface area contributed by atoms with E-state index < -0.39 is 0 Å². The summed E-state index contributed by atoms with van der Waals surface area (Å²) in [5, 5.41) is 5.76. The molecule has 0 aliphatic carbocycles. The van der Waals surface area contributed by atoms with E-state index in [9.17, 15) is 4.79 Å². The molecule has 0 fully saturated rings. The molecule has 0 saturated carbocycles. The van der Waals surface area contributed by atoms with Crippen LogP contribution in [0.3, 0.4) is 0 Å². The lowest BCUT2D eigenvalue weighted by Gasteiger charge is -2.11. The summed E-state index contributed by atoms with van der Waals surface area (Å²) in [6.07, 6.45) is 0. The molecule has 0 atom stereocenters. The summed E-state index contributed by atoms with van der Waals surface area (Å²) in [6, 6.07) is 7.91. The molecule has 1 aromatic heterocycles. The maximum atomic E-state index is 11.2. The van der Waals surface area contributed by atoms with E-state index in [0.717, 1.165) is 11.1 Å². The molecule has 0 spiro atoms. The van der Waals surface area contributed by atoms with E-state index >= 15 is 0 Å². The Bertz CT molecular complexity index is 503. The third kappa shape index (κ3) is 2.91. The van der Waals surface area contributed by atoms with Crippen molar-refractivity contribution in [2.24, 2.45) is 0 Å². The van der Waals surface area contributed by atoms with Gasteiger partial charge in [0.2, 0.25) is 0 Å². The van der Waals surface area contributed by atoms with Crippen molar-refractivity contribution in [1.82, 2.24) is 15.2 Å². The largest absolute Gasteiger partial charge is 0.424 e. The summed E-state index contributed by atoms with van der Waals surface area (Å²) < 4.78 is 5.48. The second-order valence-corrected chi connectivity index (χ2v) is 4.04. The number of carbonyl (C=O) groups is 1. The highest BCUT2D eigenvalue weighted by atomic mass is 16.4. The van der Waals surface area contributed by atoms with Crippen LogP contribution in [-0.2, 0) is 0 Å². The number of oxazole rings is 1. The molecule has 18 heavy (non-hydrogen) atoms. The van der Waals surface area contributed by atoms with Gasteiger partial charge in [0.15, 0.2) is 5.58 Å². The first-order valence-electron chi connectivity index (χ1n) is 5.71. The van der Waals surface area contributed by atoms with E-state index in [-0.39, 0.29) is 6.03 Å². The summed E-state index contributed by atoms with van der Waals surface area (Å²) in [5.41, 5.74) is 1.56. The van der Waals surface area contributed by atoms with E-state index in [0.29, 0.717) is 19.1 Å². The predicted molar refractivity (Wildman–Crippen MR) is 69.6 cm³/mol. The molecule has 0 bridgehead atoms. The van der Waals surface area contributed by atoms with Gasteiger partial charge in [-0.1, -0.05) is 12.1 Å². The van der Waals surface area contributed by atoms with Crippen LogP contribution in [0.4, 0.5) is 10.8 Å². The van der Waals surface area contributed by atoms with E-state index in [2.05, 4.69) is 15.6 Å². The van der Waals surface area contributed by atoms with Gasteiger partial charge in [0.1, 0.15) is 5.52 Å². The number of aromatic nitrogens is 1. The van der Waals surface area contributed by atoms with Gasteiger partial charge in [-0.05, 0) is 12.1 Å². The van der Waals surface area contributed by atoms with Crippen molar-refractivity contribution in [3.63, 3.8) is 0 Å². The molecular weight excluding hydrogens is 232 g/mol. The molecule has 0 unspecified atom stereocenters. The molecular formula is C12H16N4O2. The zero-order chi connectivity index (χ0) is 13.0. The number of hydrogen-bond donors (Lipinski definition) is 2. The van der Waals surface area contributed by atoms with Gasteiger partial charge in [0.05, 0.1) is 0 Å². The fourth-order valence-corrected chi connectivity index (χ4v) is 1.44. The molecule has 6 nitrogen and oxygen atoms in total. The molecule has 0 saturated heterocycles. The molecule has 6 heteroatoms. The average molecular weight is 248 g/mol. The highest BCUT2D eigenvalue weighted by Gasteiger charge is 2.04. The van der Waals surface area contributed by atoms with Gasteiger partial charge in [-0.2, -0.15) is 4.98 Å². The second kappa shape index (κ2) is 5.39. The number of carbonyl (C=O) groups excluding carboxylic acids is 1. The maximum absolute atomic E-state index is 11.2. The normalized spacial score (nSPS) is 10.3. The highest BCUT2D eigenvalue weighted by molar-refractivity contribution is 5.74. The first-order chi connectivity index (χ1) is 8.66. The Morgan fingerprint density at radius 2 is 2.11 bits per heavy atom. The Hall–Kier alpha value is -2.24. The van der Waals surface area contributed by atoms with Crippen LogP contribution in [0.1, 0.15) is 0 Å². The van der Waals surface area contributed by atoms with Crippen molar-refractivity contribution < 1.29 is 9.21 Å². The number of anilines is 1. The van der Waals surface area contributed by atoms with E-state index in [1.54, 1.807) is 14.1 Å². The lowest BCUT2D eigenvalue weighted by atomic mass is 10.3. The fraction of sp³-hybridized carbons (Fsp3) is 0.333. The Morgan fingerprint density at radius 3 is 2.83 bits per heavy atom. The summed E-state index contributed by atoms with van der Waals surface area (Å²) >= 11 is 0. The van der Waals surface area contributed by atoms with Crippen molar-refractivity contribution in [3.8, 4) is 0 Å². The first-order valence-corrected chi connectivity index (χ1v) is 5.71. The summed E-state index contributed by atoms with van der Waals surface area (Å²) in [4.78, 5) is 17.0. The first kappa shape index (κ1) is 12.2. The molecule has 2 aromatic rings. The lowest BCUT2D eigenvalue weighted by molar-refractivity contribution is 0.218. The molecule has 1 aromatic carbocycles. The lowest BCUT2D eigenvalue weighted by Crippen LogP contribution is -2.37. The van der Waals surface area contributed by atoms with Crippen molar-refractivity contribution in [2.45, 2.75) is 0 Å². The van der Waals surface area contributed by atoms with E-state index in [1.807, 2.05) is 24.3 Å². The van der Waals surface area contributed by atoms with Crippen molar-refractivity contribution in [2.75, 3.05) is 32.5 Å². The van der Waals surface area contributed by atoms with E-state index in [4.69, 9.17) is 4.42 Å². The number of fused-ring (bicyclic) bond motifs is 1. The van der Waals surface area contributed by atoms with Gasteiger partial charge >= 0.3 is 6.03 Å². The number of para-hydroxylation sites is 2. The Kier molecular flexibility index (Phi) is 3.66. The number of hydrogen-bond acceptors (Lipinski definition) is 4. The number of urea groups is 1. The molecule has 0 aliphatic rings. The van der Waals surface area contributed by atoms with Crippen LogP contribution >= 0.6 is 0 Å². The summed E-state index contributed by atoms with van der Waals surface area (Å²) in [7, 11) is 3.40. The minimum Gasteiger partial charge on any atom is -0.424 e. The average Bonchev–Trinajstić information content (AvgIpc) is 2.76. The predicted octanol–water partition coefficient (Wildman–Crippen LogP) is 1.51. The third-order valence-corrected chi connectivity index (χ3v) is 2.38. The smallest absolute Gasteiger partial charge is 0.316 e. The minimum absolute atomic E-state index is 0.116. The Labute approximate surface area is 105 Å². The Balaban J connectivity index is 1.82. The number of nitrogens with one attached hydrogen (secondary N) is 2. The quantitative estimate of drug-likeness (QED) is 0.805. The zero-order valence-electron chi connectivity index (χ0n) is 10.4. The third-order valence-electron chi connectivity index (χ3n) is 2.38. The Morgan fingerprint density at radius 1 is 1.33 bits per heavy atom. The van der Waals surface area contributed by atoms with Gasteiger partial charge < -0.3 is 20.0 Å². The van der Waals surface area contributed by atoms with Crippen LogP contribution in [0.15, 0.2) is 28.7 Å². The van der Waals surface area contributed by atoms with Gasteiger partial charge in [-0.3, -0.25) is 0 Å². The molecule has 2 amide bonds. The number of amides is 2. The van der Waals surface area contributed by atoms with Crippen molar-refractivity contribution >= 4 is 23.1 Å². The number of rotatable bonds is 4. The van der Waals surface area contributed by atoms with Crippen LogP contribution in [0, 0.1) is 0 Å². The molecule has 1 heterocycles. The van der Waals surface area contributed by atoms with Gasteiger partial charge in [0, 0.05) is 27.2 Å². The van der Waals surface area contributed by atoms with Crippen molar-refractivity contribution in [1.29, 1.82) is 0 Å². The number of nitrogens with zero attached hydrogens (tertiary/aromatic N) is 2. The van der Waals surface area contributed by atoms with Crippen molar-refractivity contribution in [3.05, 3.63) is 24.3 Å². The minimum atomic E-state index is -0.116. The van der Waals surface area contributed by atoms with Crippen LogP contribution in [0.5, 0.6) is 0 Å². The van der Waals surface area contributed by atoms with Crippen LogP contribution < -0.4 is 10.6 Å². The highest BCUT2D eigenvalue weighted by Crippen LogP contribution is 2.17. The molecule has 96 valence electrons. The SMILES string of the molecule is CN(C)C(=O)NCCNc1nc2ccccc2o1. The molecule has 2 N–H and O–H groups in total. The second-order valence-electron chi connectivity index (χ2n) is 4.04. The fourth-order valence-electron chi connectivity index (χ4n) is 1.44. The summed E-state index contributed by atoms with van der Waals surface area (Å²) in [6.45, 7) is 1.07. The van der Waals surface area contributed by atoms with Gasteiger partial charge in [0.25, 0.3) is 6.01 Å².